The van der Waals surface area contributed by atoms with Gasteiger partial charge in [0.2, 0.25) is 0 Å². The van der Waals surface area contributed by atoms with Gasteiger partial charge < -0.3 is 0 Å². The summed E-state index contributed by atoms with van der Waals surface area (Å²) in [7, 11) is 0. The highest BCUT2D eigenvalue weighted by molar-refractivity contribution is 9.13. The number of nitriles is 1. The zero-order valence-electron chi connectivity index (χ0n) is 6.33. The summed E-state index contributed by atoms with van der Waals surface area (Å²) in [4.78, 5) is 4.21. The van der Waals surface area contributed by atoms with Crippen LogP contribution in [0.25, 0.3) is 5.65 Å². The zero-order chi connectivity index (χ0) is 9.42. The van der Waals surface area contributed by atoms with Crippen LogP contribution in [-0.2, 0) is 0 Å². The number of hydrogen-bond acceptors (Lipinski definition) is 2. The first-order chi connectivity index (χ1) is 6.22. The molecule has 0 spiro atoms. The van der Waals surface area contributed by atoms with E-state index in [-0.39, 0.29) is 0 Å². The molecule has 5 heteroatoms. The largest absolute Gasteiger partial charge is 0.292 e. The van der Waals surface area contributed by atoms with Crippen molar-refractivity contribution in [3.63, 3.8) is 0 Å². The number of pyridine rings is 1. The number of hydrogen-bond donors (Lipinski definition) is 0. The van der Waals surface area contributed by atoms with Gasteiger partial charge in [-0.05, 0) is 44.0 Å². The van der Waals surface area contributed by atoms with E-state index in [1.54, 1.807) is 18.3 Å². The molecule has 13 heavy (non-hydrogen) atoms. The molecular weight excluding hydrogens is 298 g/mol. The van der Waals surface area contributed by atoms with Crippen molar-refractivity contribution in [1.82, 2.24) is 9.38 Å². The fourth-order valence-electron chi connectivity index (χ4n) is 1.05. The number of aromatic nitrogens is 2. The van der Waals surface area contributed by atoms with Gasteiger partial charge in [-0.15, -0.1) is 0 Å². The van der Waals surface area contributed by atoms with Crippen LogP contribution in [0.15, 0.2) is 27.5 Å². The Labute approximate surface area is 91.3 Å². The van der Waals surface area contributed by atoms with Crippen molar-refractivity contribution in [3.8, 4) is 6.07 Å². The summed E-state index contributed by atoms with van der Waals surface area (Å²) in [5, 5.41) is 8.68. The Morgan fingerprint density at radius 3 is 2.85 bits per heavy atom. The van der Waals surface area contributed by atoms with Gasteiger partial charge in [0, 0.05) is 6.20 Å². The molecule has 0 aliphatic rings. The molecule has 0 radical (unpaired) electrons. The molecule has 64 valence electrons. The summed E-state index contributed by atoms with van der Waals surface area (Å²) in [5.74, 6) is 0. The molecule has 0 atom stereocenters. The van der Waals surface area contributed by atoms with Crippen LogP contribution >= 0.6 is 31.9 Å². The maximum atomic E-state index is 8.68. The third-order valence-electron chi connectivity index (χ3n) is 1.65. The van der Waals surface area contributed by atoms with E-state index in [1.807, 2.05) is 4.40 Å². The quantitative estimate of drug-likeness (QED) is 0.750. The van der Waals surface area contributed by atoms with Gasteiger partial charge >= 0.3 is 0 Å². The zero-order valence-corrected chi connectivity index (χ0v) is 9.50. The van der Waals surface area contributed by atoms with Crippen molar-refractivity contribution >= 4 is 37.5 Å². The van der Waals surface area contributed by atoms with Gasteiger partial charge in [0.1, 0.15) is 20.9 Å². The lowest BCUT2D eigenvalue weighted by Crippen LogP contribution is -1.85. The molecule has 0 bridgehead atoms. The first-order valence-electron chi connectivity index (χ1n) is 3.45. The van der Waals surface area contributed by atoms with Gasteiger partial charge in [0.05, 0.1) is 5.56 Å². The van der Waals surface area contributed by atoms with Crippen molar-refractivity contribution < 1.29 is 0 Å². The van der Waals surface area contributed by atoms with E-state index in [4.69, 9.17) is 5.26 Å². The molecule has 0 aliphatic heterocycles. The highest BCUT2D eigenvalue weighted by Gasteiger charge is 2.06. The number of halogens is 2. The van der Waals surface area contributed by atoms with E-state index >= 15 is 0 Å². The van der Waals surface area contributed by atoms with Gasteiger partial charge in [-0.2, -0.15) is 5.26 Å². The molecule has 0 N–H and O–H groups in total. The molecular formula is C8H3Br2N3. The standard InChI is InChI=1S/C8H3Br2N3/c9-7-8(10)13-4-5(3-11)1-2-6(13)12-7/h1-2,4H. The monoisotopic (exact) mass is 299 g/mol. The molecule has 2 aromatic heterocycles. The smallest absolute Gasteiger partial charge is 0.139 e. The summed E-state index contributed by atoms with van der Waals surface area (Å²) in [6.07, 6.45) is 1.73. The van der Waals surface area contributed by atoms with E-state index in [0.717, 1.165) is 14.9 Å². The topological polar surface area (TPSA) is 41.1 Å². The van der Waals surface area contributed by atoms with Crippen LogP contribution in [0.3, 0.4) is 0 Å². The normalized spacial score (nSPS) is 10.2. The maximum Gasteiger partial charge on any atom is 0.139 e. The molecule has 0 fully saturated rings. The molecule has 0 aliphatic carbocycles. The Kier molecular flexibility index (Phi) is 2.10. The second-order valence-corrected chi connectivity index (χ2v) is 3.95. The minimum atomic E-state index is 0.609. The predicted octanol–water partition coefficient (Wildman–Crippen LogP) is 2.73. The van der Waals surface area contributed by atoms with E-state index in [2.05, 4.69) is 42.9 Å². The van der Waals surface area contributed by atoms with Crippen molar-refractivity contribution in [3.05, 3.63) is 33.1 Å². The van der Waals surface area contributed by atoms with Crippen LogP contribution in [0.4, 0.5) is 0 Å². The van der Waals surface area contributed by atoms with E-state index in [1.165, 1.54) is 0 Å². The summed E-state index contributed by atoms with van der Waals surface area (Å²) in [6, 6.07) is 5.61. The van der Waals surface area contributed by atoms with Crippen molar-refractivity contribution in [2.45, 2.75) is 0 Å². The van der Waals surface area contributed by atoms with Gasteiger partial charge in [-0.1, -0.05) is 0 Å². The first-order valence-corrected chi connectivity index (χ1v) is 5.04. The summed E-state index contributed by atoms with van der Waals surface area (Å²) in [5.41, 5.74) is 1.41. The second-order valence-electron chi connectivity index (χ2n) is 2.45. The van der Waals surface area contributed by atoms with E-state index in [0.29, 0.717) is 5.56 Å². The van der Waals surface area contributed by atoms with Crippen molar-refractivity contribution in [2.75, 3.05) is 0 Å². The fourth-order valence-corrected chi connectivity index (χ4v) is 1.80. The highest BCUT2D eigenvalue weighted by Crippen LogP contribution is 2.23. The Hall–Kier alpha value is -0.860. The number of fused-ring (bicyclic) bond motifs is 1. The van der Waals surface area contributed by atoms with Crippen molar-refractivity contribution in [1.29, 1.82) is 5.26 Å². The van der Waals surface area contributed by atoms with Gasteiger partial charge in [-0.25, -0.2) is 4.98 Å². The number of nitrogens with zero attached hydrogens (tertiary/aromatic N) is 3. The average molecular weight is 301 g/mol. The number of imidazole rings is 1. The lowest BCUT2D eigenvalue weighted by atomic mass is 10.3. The van der Waals surface area contributed by atoms with Crippen LogP contribution < -0.4 is 0 Å². The molecule has 0 amide bonds. The minimum Gasteiger partial charge on any atom is -0.292 e. The van der Waals surface area contributed by atoms with Gasteiger partial charge in [0.15, 0.2) is 0 Å². The van der Waals surface area contributed by atoms with Crippen molar-refractivity contribution in [2.24, 2.45) is 0 Å². The van der Waals surface area contributed by atoms with Crippen LogP contribution in [0.2, 0.25) is 0 Å². The van der Waals surface area contributed by atoms with Gasteiger partial charge in [-0.3, -0.25) is 4.40 Å². The Morgan fingerprint density at radius 1 is 1.38 bits per heavy atom. The summed E-state index contributed by atoms with van der Waals surface area (Å²) < 4.78 is 3.37. The van der Waals surface area contributed by atoms with Crippen LogP contribution in [0.1, 0.15) is 5.56 Å². The van der Waals surface area contributed by atoms with Gasteiger partial charge in [0.25, 0.3) is 0 Å². The van der Waals surface area contributed by atoms with Crippen LogP contribution in [0, 0.1) is 11.3 Å². The SMILES string of the molecule is N#Cc1ccc2nc(Br)c(Br)n2c1. The molecule has 0 saturated carbocycles. The van der Waals surface area contributed by atoms with Crippen LogP contribution in [0.5, 0.6) is 0 Å². The molecule has 0 saturated heterocycles. The average Bonchev–Trinajstić information content (AvgIpc) is 2.43. The highest BCUT2D eigenvalue weighted by atomic mass is 79.9. The molecule has 2 rings (SSSR count). The lowest BCUT2D eigenvalue weighted by molar-refractivity contribution is 1.14. The molecule has 2 aromatic rings. The molecule has 0 unspecified atom stereocenters. The first kappa shape index (κ1) is 8.73. The maximum absolute atomic E-state index is 8.68. The third kappa shape index (κ3) is 1.36. The Bertz CT molecular complexity index is 510. The lowest BCUT2D eigenvalue weighted by Gasteiger charge is -1.94. The van der Waals surface area contributed by atoms with E-state index in [9.17, 15) is 0 Å². The Balaban J connectivity index is 2.84. The third-order valence-corrected chi connectivity index (χ3v) is 3.49. The van der Waals surface area contributed by atoms with E-state index < -0.39 is 0 Å². The summed E-state index contributed by atoms with van der Waals surface area (Å²) >= 11 is 6.65. The molecule has 3 nitrogen and oxygen atoms in total. The predicted molar refractivity (Wildman–Crippen MR) is 55.3 cm³/mol. The Morgan fingerprint density at radius 2 is 2.15 bits per heavy atom. The molecule has 0 aromatic carbocycles. The molecule has 2 heterocycles. The van der Waals surface area contributed by atoms with Crippen LogP contribution in [-0.4, -0.2) is 9.38 Å². The summed E-state index contributed by atoms with van der Waals surface area (Å²) in [6.45, 7) is 0. The second kappa shape index (κ2) is 3.13. The number of rotatable bonds is 0. The fraction of sp³-hybridized carbons (Fsp3) is 0. The minimum absolute atomic E-state index is 0.609.